The number of benzene rings is 2. The number of nitrogens with one attached hydrogen (secondary N) is 2. The molecule has 8 heteroatoms. The molecule has 1 amide bonds. The van der Waals surface area contributed by atoms with Crippen molar-refractivity contribution in [2.75, 3.05) is 25.6 Å². The summed E-state index contributed by atoms with van der Waals surface area (Å²) in [6.07, 6.45) is 4.06. The molecule has 36 heavy (non-hydrogen) atoms. The maximum Gasteiger partial charge on any atom is 0.252 e. The lowest BCUT2D eigenvalue weighted by molar-refractivity contribution is 0.0945. The molecule has 1 aromatic heterocycles. The Hall–Kier alpha value is -3.75. The fourth-order valence-electron chi connectivity index (χ4n) is 4.95. The number of carbonyl (C=O) groups is 1. The van der Waals surface area contributed by atoms with Gasteiger partial charge in [0.15, 0.2) is 11.5 Å². The van der Waals surface area contributed by atoms with Crippen LogP contribution in [0.3, 0.4) is 0 Å². The summed E-state index contributed by atoms with van der Waals surface area (Å²) in [5.74, 6) is 1.27. The van der Waals surface area contributed by atoms with E-state index in [9.17, 15) is 9.90 Å². The summed E-state index contributed by atoms with van der Waals surface area (Å²) < 4.78 is 12.0. The third-order valence-corrected chi connectivity index (χ3v) is 7.14. The molecule has 0 fully saturated rings. The molecule has 4 N–H and O–H groups in total. The molecule has 0 saturated carbocycles. The van der Waals surface area contributed by atoms with Crippen molar-refractivity contribution in [3.8, 4) is 28.4 Å². The SMILES string of the molecule is COc1c(O)ccc2c1-c1ccc3c(c1/C(=C/c1sccc1C(=O)NCCO)O2)C(C)=CC(C)(C)N3. The van der Waals surface area contributed by atoms with Gasteiger partial charge in [-0.25, -0.2) is 0 Å². The van der Waals surface area contributed by atoms with E-state index < -0.39 is 0 Å². The second-order valence-corrected chi connectivity index (χ2v) is 10.3. The van der Waals surface area contributed by atoms with Crippen LogP contribution >= 0.6 is 11.3 Å². The van der Waals surface area contributed by atoms with E-state index in [4.69, 9.17) is 14.6 Å². The van der Waals surface area contributed by atoms with Crippen LogP contribution in [0, 0.1) is 0 Å². The number of rotatable bonds is 5. The van der Waals surface area contributed by atoms with Gasteiger partial charge in [0, 0.05) is 33.8 Å². The number of aromatic hydroxyl groups is 1. The van der Waals surface area contributed by atoms with Crippen LogP contribution in [-0.4, -0.2) is 41.9 Å². The van der Waals surface area contributed by atoms with E-state index in [1.807, 2.05) is 23.6 Å². The number of aliphatic hydroxyl groups is 1. The number of thiophene rings is 1. The Morgan fingerprint density at radius 3 is 2.75 bits per heavy atom. The molecule has 7 nitrogen and oxygen atoms in total. The molecule has 2 aliphatic heterocycles. The largest absolute Gasteiger partial charge is 0.504 e. The van der Waals surface area contributed by atoms with Gasteiger partial charge in [0.25, 0.3) is 5.91 Å². The number of amides is 1. The summed E-state index contributed by atoms with van der Waals surface area (Å²) in [5, 5.41) is 27.8. The Morgan fingerprint density at radius 2 is 2.00 bits per heavy atom. The van der Waals surface area contributed by atoms with Crippen molar-refractivity contribution < 1.29 is 24.5 Å². The van der Waals surface area contributed by atoms with Crippen molar-refractivity contribution in [1.29, 1.82) is 0 Å². The quantitative estimate of drug-likeness (QED) is 0.374. The van der Waals surface area contributed by atoms with Crippen LogP contribution in [0.2, 0.25) is 0 Å². The van der Waals surface area contributed by atoms with E-state index in [0.29, 0.717) is 28.4 Å². The van der Waals surface area contributed by atoms with Crippen molar-refractivity contribution >= 4 is 40.3 Å². The van der Waals surface area contributed by atoms with E-state index >= 15 is 0 Å². The van der Waals surface area contributed by atoms with Gasteiger partial charge in [0.1, 0.15) is 11.5 Å². The average Bonchev–Trinajstić information content (AvgIpc) is 3.29. The van der Waals surface area contributed by atoms with Crippen molar-refractivity contribution in [2.24, 2.45) is 0 Å². The number of fused-ring (bicyclic) bond motifs is 5. The van der Waals surface area contributed by atoms with E-state index in [0.717, 1.165) is 32.8 Å². The highest BCUT2D eigenvalue weighted by atomic mass is 32.1. The first-order chi connectivity index (χ1) is 17.2. The summed E-state index contributed by atoms with van der Waals surface area (Å²) in [6.45, 7) is 6.36. The van der Waals surface area contributed by atoms with Gasteiger partial charge in [-0.1, -0.05) is 12.1 Å². The highest BCUT2D eigenvalue weighted by Crippen LogP contribution is 2.54. The normalized spacial score (nSPS) is 16.1. The van der Waals surface area contributed by atoms with Crippen molar-refractivity contribution in [1.82, 2.24) is 5.32 Å². The van der Waals surface area contributed by atoms with Crippen LogP contribution in [0.4, 0.5) is 5.69 Å². The summed E-state index contributed by atoms with van der Waals surface area (Å²) in [4.78, 5) is 13.4. The molecule has 0 spiro atoms. The molecule has 0 atom stereocenters. The second kappa shape index (κ2) is 9.04. The Balaban J connectivity index is 1.76. The van der Waals surface area contributed by atoms with E-state index in [2.05, 4.69) is 37.5 Å². The molecule has 3 aromatic rings. The highest BCUT2D eigenvalue weighted by Gasteiger charge is 2.33. The molecule has 0 bridgehead atoms. The molecule has 5 rings (SSSR count). The zero-order valence-corrected chi connectivity index (χ0v) is 21.4. The minimum atomic E-state index is -0.255. The fourth-order valence-corrected chi connectivity index (χ4v) is 5.77. The number of hydrogen-bond donors (Lipinski definition) is 4. The number of allylic oxidation sites excluding steroid dienone is 1. The monoisotopic (exact) mass is 504 g/mol. The third kappa shape index (κ3) is 4.02. The topological polar surface area (TPSA) is 100 Å². The van der Waals surface area contributed by atoms with E-state index in [-0.39, 0.29) is 30.3 Å². The van der Waals surface area contributed by atoms with E-state index in [1.165, 1.54) is 18.4 Å². The number of methoxy groups -OCH3 is 1. The second-order valence-electron chi connectivity index (χ2n) is 9.36. The van der Waals surface area contributed by atoms with Crippen LogP contribution < -0.4 is 20.1 Å². The third-order valence-electron chi connectivity index (χ3n) is 6.27. The van der Waals surface area contributed by atoms with Gasteiger partial charge in [-0.2, -0.15) is 0 Å². The lowest BCUT2D eigenvalue weighted by Crippen LogP contribution is -2.32. The number of phenols is 1. The Labute approximate surface area is 213 Å². The van der Waals surface area contributed by atoms with E-state index in [1.54, 1.807) is 18.2 Å². The smallest absolute Gasteiger partial charge is 0.252 e. The summed E-state index contributed by atoms with van der Waals surface area (Å²) in [7, 11) is 1.52. The average molecular weight is 505 g/mol. The first kappa shape index (κ1) is 24.0. The standard InChI is InChI=1S/C28H28N2O5S/c1-15-14-28(2,3)30-18-6-5-17-24(23(15)18)21(35-20-8-7-19(32)26(34-4)25(17)20)13-22-16(9-12-36-22)27(33)29-10-11-31/h5-9,12-14,30-32H,10-11H2,1-4H3,(H,29,33)/b21-13-. The number of carbonyl (C=O) groups excluding carboxylic acids is 1. The molecule has 2 aromatic carbocycles. The predicted octanol–water partition coefficient (Wildman–Crippen LogP) is 5.35. The zero-order chi connectivity index (χ0) is 25.6. The van der Waals surface area contributed by atoms with Crippen molar-refractivity contribution in [3.05, 3.63) is 63.4 Å². The Kier molecular flexibility index (Phi) is 6.02. The molecule has 0 radical (unpaired) electrons. The fraction of sp³-hybridized carbons (Fsp3) is 0.250. The first-order valence-electron chi connectivity index (χ1n) is 11.7. The van der Waals surface area contributed by atoms with Gasteiger partial charge < -0.3 is 30.3 Å². The number of phenolic OH excluding ortho intramolecular Hbond substituents is 1. The molecule has 0 aliphatic carbocycles. The predicted molar refractivity (Wildman–Crippen MR) is 144 cm³/mol. The van der Waals surface area contributed by atoms with Crippen LogP contribution in [0.15, 0.2) is 41.8 Å². The van der Waals surface area contributed by atoms with Gasteiger partial charge in [0.05, 0.1) is 30.4 Å². The number of anilines is 1. The highest BCUT2D eigenvalue weighted by molar-refractivity contribution is 7.11. The molecular formula is C28H28N2O5S. The maximum absolute atomic E-state index is 12.7. The first-order valence-corrected chi connectivity index (χ1v) is 12.5. The minimum Gasteiger partial charge on any atom is -0.504 e. The van der Waals surface area contributed by atoms with Crippen molar-refractivity contribution in [2.45, 2.75) is 26.3 Å². The summed E-state index contributed by atoms with van der Waals surface area (Å²) in [5.41, 5.74) is 5.76. The molecule has 0 unspecified atom stereocenters. The van der Waals surface area contributed by atoms with Gasteiger partial charge in [-0.3, -0.25) is 4.79 Å². The zero-order valence-electron chi connectivity index (χ0n) is 20.6. The van der Waals surface area contributed by atoms with Gasteiger partial charge in [-0.05, 0) is 62.1 Å². The number of hydrogen-bond acceptors (Lipinski definition) is 7. The molecule has 3 heterocycles. The van der Waals surface area contributed by atoms with Gasteiger partial charge in [0.2, 0.25) is 0 Å². The van der Waals surface area contributed by atoms with Crippen LogP contribution in [-0.2, 0) is 0 Å². The van der Waals surface area contributed by atoms with Crippen LogP contribution in [0.1, 0.15) is 47.1 Å². The van der Waals surface area contributed by atoms with Crippen LogP contribution in [0.5, 0.6) is 17.2 Å². The Morgan fingerprint density at radius 1 is 1.19 bits per heavy atom. The minimum absolute atomic E-state index is 0.0311. The van der Waals surface area contributed by atoms with Gasteiger partial charge >= 0.3 is 0 Å². The summed E-state index contributed by atoms with van der Waals surface area (Å²) >= 11 is 1.43. The maximum atomic E-state index is 12.7. The Bertz CT molecular complexity index is 1430. The number of ether oxygens (including phenoxy) is 2. The lowest BCUT2D eigenvalue weighted by Gasteiger charge is -2.35. The molecule has 0 saturated heterocycles. The molecule has 186 valence electrons. The van der Waals surface area contributed by atoms with Crippen LogP contribution in [0.25, 0.3) is 28.5 Å². The number of aliphatic hydroxyl groups excluding tert-OH is 1. The molecule has 2 aliphatic rings. The molecular weight excluding hydrogens is 476 g/mol. The van der Waals surface area contributed by atoms with Gasteiger partial charge in [-0.15, -0.1) is 11.3 Å². The van der Waals surface area contributed by atoms with Crippen molar-refractivity contribution in [3.63, 3.8) is 0 Å². The lowest BCUT2D eigenvalue weighted by atomic mass is 9.83. The summed E-state index contributed by atoms with van der Waals surface area (Å²) in [6, 6.07) is 9.08.